The Kier molecular flexibility index (Phi) is 6.88. The number of carbonyl (C=O) groups is 2. The van der Waals surface area contributed by atoms with Gasteiger partial charge in [-0.2, -0.15) is 18.3 Å². The highest BCUT2D eigenvalue weighted by Gasteiger charge is 2.36. The van der Waals surface area contributed by atoms with Crippen molar-refractivity contribution in [3.63, 3.8) is 0 Å². The molecule has 13 heteroatoms. The number of benzene rings is 1. The first-order valence-corrected chi connectivity index (χ1v) is 11.9. The number of nitrogens with zero attached hydrogens (tertiary/aromatic N) is 6. The van der Waals surface area contributed by atoms with Gasteiger partial charge in [0.05, 0.1) is 17.6 Å². The summed E-state index contributed by atoms with van der Waals surface area (Å²) in [6, 6.07) is 13.8. The van der Waals surface area contributed by atoms with Crippen LogP contribution in [0.25, 0.3) is 16.9 Å². The maximum Gasteiger partial charge on any atom is 0.433 e. The summed E-state index contributed by atoms with van der Waals surface area (Å²) in [5.41, 5.74) is 0.769. The van der Waals surface area contributed by atoms with E-state index in [2.05, 4.69) is 20.4 Å². The smallest absolute Gasteiger partial charge is 0.433 e. The fourth-order valence-corrected chi connectivity index (χ4v) is 4.21. The fraction of sp³-hybridized carbons (Fsp3) is 0.192. The van der Waals surface area contributed by atoms with Gasteiger partial charge in [0.15, 0.2) is 0 Å². The van der Waals surface area contributed by atoms with Crippen molar-refractivity contribution in [2.24, 2.45) is 0 Å². The van der Waals surface area contributed by atoms with Crippen molar-refractivity contribution in [2.45, 2.75) is 6.18 Å². The average Bonchev–Trinajstić information content (AvgIpc) is 3.41. The average molecular weight is 538 g/mol. The van der Waals surface area contributed by atoms with E-state index in [-0.39, 0.29) is 17.2 Å². The zero-order valence-corrected chi connectivity index (χ0v) is 20.3. The Morgan fingerprint density at radius 3 is 2.36 bits per heavy atom. The zero-order valence-electron chi connectivity index (χ0n) is 20.3. The van der Waals surface area contributed by atoms with Crippen molar-refractivity contribution >= 4 is 23.5 Å². The van der Waals surface area contributed by atoms with Crippen LogP contribution in [0.5, 0.6) is 0 Å². The Morgan fingerprint density at radius 1 is 0.923 bits per heavy atom. The standard InChI is InChI=1S/C26H22F3N7O3/c27-26(28,29)22-14-21(18-4-2-8-30-15-18)33-36(22)20-6-7-23(31-16-20)32-24(37)17-3-1-5-19(13-17)34-9-11-35(12-10-34)25(38)39/h1-8,13-16H,9-12H2,(H,38,39)(H,31,32,37). The fourth-order valence-electron chi connectivity index (χ4n) is 4.21. The number of hydrogen-bond donors (Lipinski definition) is 2. The summed E-state index contributed by atoms with van der Waals surface area (Å²) in [6.07, 6.45) is -1.48. The summed E-state index contributed by atoms with van der Waals surface area (Å²) in [6.45, 7) is 1.71. The Labute approximate surface area is 220 Å². The van der Waals surface area contributed by atoms with E-state index in [1.54, 1.807) is 30.3 Å². The molecule has 1 aliphatic heterocycles. The summed E-state index contributed by atoms with van der Waals surface area (Å²) in [5.74, 6) is -0.298. The molecular weight excluding hydrogens is 515 g/mol. The van der Waals surface area contributed by atoms with Crippen LogP contribution in [0.2, 0.25) is 0 Å². The highest BCUT2D eigenvalue weighted by atomic mass is 19.4. The molecule has 1 aliphatic rings. The highest BCUT2D eigenvalue weighted by molar-refractivity contribution is 6.04. The van der Waals surface area contributed by atoms with E-state index in [9.17, 15) is 22.8 Å². The second kappa shape index (κ2) is 10.4. The number of nitrogens with one attached hydrogen (secondary N) is 1. The summed E-state index contributed by atoms with van der Waals surface area (Å²) in [5, 5.41) is 15.9. The molecule has 0 spiro atoms. The molecule has 0 atom stereocenters. The van der Waals surface area contributed by atoms with Crippen molar-refractivity contribution in [1.82, 2.24) is 24.6 Å². The quantitative estimate of drug-likeness (QED) is 0.388. The normalized spacial score (nSPS) is 13.8. The van der Waals surface area contributed by atoms with Crippen LogP contribution in [0, 0.1) is 0 Å². The van der Waals surface area contributed by atoms with E-state index in [1.807, 2.05) is 11.0 Å². The third-order valence-electron chi connectivity index (χ3n) is 6.21. The topological polar surface area (TPSA) is 116 Å². The summed E-state index contributed by atoms with van der Waals surface area (Å²) >= 11 is 0. The van der Waals surface area contributed by atoms with Gasteiger partial charge >= 0.3 is 12.3 Å². The lowest BCUT2D eigenvalue weighted by atomic mass is 10.1. The first-order chi connectivity index (χ1) is 18.7. The van der Waals surface area contributed by atoms with Gasteiger partial charge in [-0.15, -0.1) is 0 Å². The first kappa shape index (κ1) is 25.7. The van der Waals surface area contributed by atoms with Gasteiger partial charge < -0.3 is 20.2 Å². The van der Waals surface area contributed by atoms with Crippen LogP contribution in [0.1, 0.15) is 16.1 Å². The molecule has 0 aliphatic carbocycles. The second-order valence-corrected chi connectivity index (χ2v) is 8.73. The third-order valence-corrected chi connectivity index (χ3v) is 6.21. The summed E-state index contributed by atoms with van der Waals surface area (Å²) in [4.78, 5) is 35.4. The van der Waals surface area contributed by atoms with Gasteiger partial charge in [0.25, 0.3) is 5.91 Å². The Bertz CT molecular complexity index is 1480. The van der Waals surface area contributed by atoms with Gasteiger partial charge in [-0.3, -0.25) is 9.78 Å². The Morgan fingerprint density at radius 2 is 1.72 bits per heavy atom. The number of piperazine rings is 1. The lowest BCUT2D eigenvalue weighted by molar-refractivity contribution is -0.142. The van der Waals surface area contributed by atoms with E-state index in [1.165, 1.54) is 35.6 Å². The number of carbonyl (C=O) groups excluding carboxylic acids is 1. The minimum absolute atomic E-state index is 0.0676. The van der Waals surface area contributed by atoms with Crippen molar-refractivity contribution in [1.29, 1.82) is 0 Å². The van der Waals surface area contributed by atoms with Crippen LogP contribution in [-0.2, 0) is 6.18 Å². The molecule has 200 valence electrons. The molecule has 0 bridgehead atoms. The molecule has 2 amide bonds. The predicted octanol–water partition coefficient (Wildman–Crippen LogP) is 4.40. The van der Waals surface area contributed by atoms with Crippen LogP contribution >= 0.6 is 0 Å². The molecule has 4 heterocycles. The van der Waals surface area contributed by atoms with Crippen LogP contribution in [0.15, 0.2) is 73.2 Å². The molecule has 39 heavy (non-hydrogen) atoms. The van der Waals surface area contributed by atoms with Gasteiger partial charge in [0.1, 0.15) is 11.5 Å². The number of pyridine rings is 2. The molecule has 1 saturated heterocycles. The minimum Gasteiger partial charge on any atom is -0.465 e. The van der Waals surface area contributed by atoms with E-state index < -0.39 is 23.9 Å². The maximum absolute atomic E-state index is 13.7. The van der Waals surface area contributed by atoms with E-state index in [0.717, 1.165) is 16.4 Å². The zero-order chi connectivity index (χ0) is 27.6. The van der Waals surface area contributed by atoms with Crippen molar-refractivity contribution in [2.75, 3.05) is 36.4 Å². The van der Waals surface area contributed by atoms with Crippen molar-refractivity contribution in [3.8, 4) is 16.9 Å². The highest BCUT2D eigenvalue weighted by Crippen LogP contribution is 2.34. The number of amides is 2. The lowest BCUT2D eigenvalue weighted by Gasteiger charge is -2.34. The molecule has 2 N–H and O–H groups in total. The summed E-state index contributed by atoms with van der Waals surface area (Å²) in [7, 11) is 0. The van der Waals surface area contributed by atoms with Gasteiger partial charge in [0, 0.05) is 55.4 Å². The van der Waals surface area contributed by atoms with Crippen LogP contribution in [0.3, 0.4) is 0 Å². The number of halogens is 3. The maximum atomic E-state index is 13.7. The van der Waals surface area contributed by atoms with Gasteiger partial charge in [-0.05, 0) is 48.5 Å². The molecule has 1 fully saturated rings. The van der Waals surface area contributed by atoms with E-state index in [4.69, 9.17) is 5.11 Å². The van der Waals surface area contributed by atoms with Crippen molar-refractivity contribution < 1.29 is 27.9 Å². The molecule has 0 saturated carbocycles. The Hall–Kier alpha value is -4.94. The third kappa shape index (κ3) is 5.66. The van der Waals surface area contributed by atoms with Crippen LogP contribution < -0.4 is 10.2 Å². The van der Waals surface area contributed by atoms with Crippen LogP contribution in [0.4, 0.5) is 29.5 Å². The second-order valence-electron chi connectivity index (χ2n) is 8.73. The van der Waals surface area contributed by atoms with Crippen LogP contribution in [-0.4, -0.2) is 67.9 Å². The molecule has 4 aromatic rings. The molecule has 10 nitrogen and oxygen atoms in total. The lowest BCUT2D eigenvalue weighted by Crippen LogP contribution is -2.48. The number of carboxylic acid groups (broad SMARTS) is 1. The number of alkyl halides is 3. The summed E-state index contributed by atoms with van der Waals surface area (Å²) < 4.78 is 42.0. The minimum atomic E-state index is -4.66. The number of anilines is 2. The van der Waals surface area contributed by atoms with Crippen molar-refractivity contribution in [3.05, 3.63) is 84.4 Å². The van der Waals surface area contributed by atoms with E-state index in [0.29, 0.717) is 37.3 Å². The largest absolute Gasteiger partial charge is 0.465 e. The predicted molar refractivity (Wildman–Crippen MR) is 136 cm³/mol. The molecule has 0 unspecified atom stereocenters. The Balaban J connectivity index is 1.31. The molecule has 5 rings (SSSR count). The molecule has 0 radical (unpaired) electrons. The molecular formula is C26H22F3N7O3. The molecule has 3 aromatic heterocycles. The van der Waals surface area contributed by atoms with Gasteiger partial charge in [-0.25, -0.2) is 14.5 Å². The first-order valence-electron chi connectivity index (χ1n) is 11.9. The number of hydrogen-bond acceptors (Lipinski definition) is 6. The van der Waals surface area contributed by atoms with Gasteiger partial charge in [0.2, 0.25) is 0 Å². The van der Waals surface area contributed by atoms with E-state index >= 15 is 0 Å². The van der Waals surface area contributed by atoms with Gasteiger partial charge in [-0.1, -0.05) is 6.07 Å². The number of aromatic nitrogens is 4. The number of rotatable bonds is 5. The monoisotopic (exact) mass is 537 g/mol. The SMILES string of the molecule is O=C(Nc1ccc(-n2nc(-c3cccnc3)cc2C(F)(F)F)cn1)c1cccc(N2CCN(C(=O)O)CC2)c1. The molecule has 1 aromatic carbocycles.